The molecule has 0 atom stereocenters. The van der Waals surface area contributed by atoms with Gasteiger partial charge in [-0.1, -0.05) is 36.4 Å². The van der Waals surface area contributed by atoms with Crippen LogP contribution in [0.15, 0.2) is 81.0 Å². The van der Waals surface area contributed by atoms with E-state index in [9.17, 15) is 14.4 Å². The van der Waals surface area contributed by atoms with Gasteiger partial charge in [-0.3, -0.25) is 18.7 Å². The normalized spacial score (nSPS) is 11.5. The van der Waals surface area contributed by atoms with E-state index in [4.69, 9.17) is 4.42 Å². The van der Waals surface area contributed by atoms with Crippen molar-refractivity contribution in [1.29, 1.82) is 0 Å². The molecule has 6 aromatic rings. The second-order valence-corrected chi connectivity index (χ2v) is 8.53. The number of oxazole rings is 1. The SMILES string of the molecule is Cn1c(=O)c2c(ncn2CC(=O)Nc2ccc3oc(-c4cccc5ccccc45)nc3c2)n(C)c1=O. The molecular weight excluding hydrogens is 460 g/mol. The Hall–Kier alpha value is -4.99. The Kier molecular flexibility index (Phi) is 4.82. The number of benzene rings is 3. The van der Waals surface area contributed by atoms with Gasteiger partial charge in [-0.05, 0) is 35.0 Å². The third kappa shape index (κ3) is 3.38. The first-order valence-corrected chi connectivity index (χ1v) is 11.2. The number of amides is 1. The zero-order valence-corrected chi connectivity index (χ0v) is 19.4. The molecule has 3 aromatic heterocycles. The van der Waals surface area contributed by atoms with Gasteiger partial charge in [0.1, 0.15) is 12.1 Å². The van der Waals surface area contributed by atoms with Crippen LogP contribution >= 0.6 is 0 Å². The number of carbonyl (C=O) groups is 1. The van der Waals surface area contributed by atoms with Crippen LogP contribution in [0.4, 0.5) is 5.69 Å². The molecule has 0 aliphatic heterocycles. The molecule has 1 N–H and O–H groups in total. The van der Waals surface area contributed by atoms with Crippen LogP contribution in [0.25, 0.3) is 44.5 Å². The van der Waals surface area contributed by atoms with Crippen LogP contribution in [0.1, 0.15) is 0 Å². The van der Waals surface area contributed by atoms with E-state index in [1.54, 1.807) is 18.2 Å². The number of imidazole rings is 1. The van der Waals surface area contributed by atoms with Crippen molar-refractivity contribution in [2.75, 3.05) is 5.32 Å². The molecule has 10 nitrogen and oxygen atoms in total. The summed E-state index contributed by atoms with van der Waals surface area (Å²) in [7, 11) is 2.92. The van der Waals surface area contributed by atoms with Gasteiger partial charge in [-0.15, -0.1) is 0 Å². The lowest BCUT2D eigenvalue weighted by Gasteiger charge is -2.08. The van der Waals surface area contributed by atoms with Crippen LogP contribution in [0, 0.1) is 0 Å². The Bertz CT molecular complexity index is 1940. The Morgan fingerprint density at radius 3 is 2.67 bits per heavy atom. The number of hydrogen-bond acceptors (Lipinski definition) is 6. The zero-order valence-electron chi connectivity index (χ0n) is 19.4. The molecule has 0 aliphatic carbocycles. The maximum Gasteiger partial charge on any atom is 0.332 e. The molecule has 6 rings (SSSR count). The molecule has 0 fully saturated rings. The first-order chi connectivity index (χ1) is 17.4. The van der Waals surface area contributed by atoms with Gasteiger partial charge in [-0.2, -0.15) is 0 Å². The van der Waals surface area contributed by atoms with Gasteiger partial charge >= 0.3 is 5.69 Å². The van der Waals surface area contributed by atoms with Crippen LogP contribution in [0.3, 0.4) is 0 Å². The molecule has 0 unspecified atom stereocenters. The number of anilines is 1. The molecule has 3 aromatic carbocycles. The molecule has 0 aliphatic rings. The average Bonchev–Trinajstić information content (AvgIpc) is 3.50. The van der Waals surface area contributed by atoms with Crippen LogP contribution < -0.4 is 16.6 Å². The fourth-order valence-corrected chi connectivity index (χ4v) is 4.40. The number of rotatable bonds is 4. The summed E-state index contributed by atoms with van der Waals surface area (Å²) in [5.41, 5.74) is 2.04. The van der Waals surface area contributed by atoms with Crippen molar-refractivity contribution in [3.8, 4) is 11.5 Å². The standard InChI is InChI=1S/C26H20N6O4/c1-30-23-22(25(34)31(2)26(30)35)32(14-27-23)13-21(33)28-16-10-11-20-19(12-16)29-24(36-20)18-9-5-7-15-6-3-4-8-17(15)18/h3-12,14H,13H2,1-2H3,(H,28,33). The van der Waals surface area contributed by atoms with Crippen molar-refractivity contribution >= 4 is 44.6 Å². The summed E-state index contributed by atoms with van der Waals surface area (Å²) in [5, 5.41) is 4.96. The number of hydrogen-bond donors (Lipinski definition) is 1. The zero-order chi connectivity index (χ0) is 25.0. The van der Waals surface area contributed by atoms with E-state index in [0.29, 0.717) is 22.7 Å². The highest BCUT2D eigenvalue weighted by atomic mass is 16.3. The van der Waals surface area contributed by atoms with Crippen LogP contribution in [0.5, 0.6) is 0 Å². The number of aryl methyl sites for hydroxylation is 1. The lowest BCUT2D eigenvalue weighted by Crippen LogP contribution is -2.37. The van der Waals surface area contributed by atoms with Crippen molar-refractivity contribution in [3.05, 3.63) is 87.8 Å². The van der Waals surface area contributed by atoms with Gasteiger partial charge in [-0.25, -0.2) is 14.8 Å². The van der Waals surface area contributed by atoms with E-state index in [0.717, 1.165) is 20.9 Å². The summed E-state index contributed by atoms with van der Waals surface area (Å²) in [5.74, 6) is 0.138. The van der Waals surface area contributed by atoms with E-state index in [1.165, 1.54) is 29.6 Å². The number of carbonyl (C=O) groups excluding carboxylic acids is 1. The Balaban J connectivity index is 1.29. The molecule has 0 saturated carbocycles. The minimum absolute atomic E-state index is 0.151. The Morgan fingerprint density at radius 1 is 1.00 bits per heavy atom. The topological polar surface area (TPSA) is 117 Å². The second kappa shape index (κ2) is 8.05. The van der Waals surface area contributed by atoms with Crippen LogP contribution in [-0.2, 0) is 25.4 Å². The highest BCUT2D eigenvalue weighted by Gasteiger charge is 2.17. The minimum atomic E-state index is -0.511. The molecule has 0 bridgehead atoms. The van der Waals surface area contributed by atoms with Crippen molar-refractivity contribution in [1.82, 2.24) is 23.7 Å². The van der Waals surface area contributed by atoms with E-state index < -0.39 is 11.2 Å². The summed E-state index contributed by atoms with van der Waals surface area (Å²) in [6.07, 6.45) is 1.38. The second-order valence-electron chi connectivity index (χ2n) is 8.53. The predicted molar refractivity (Wildman–Crippen MR) is 136 cm³/mol. The van der Waals surface area contributed by atoms with E-state index in [1.807, 2.05) is 42.5 Å². The molecular formula is C26H20N6O4. The third-order valence-electron chi connectivity index (χ3n) is 6.22. The minimum Gasteiger partial charge on any atom is -0.436 e. The molecule has 178 valence electrons. The fourth-order valence-electron chi connectivity index (χ4n) is 4.40. The van der Waals surface area contributed by atoms with E-state index in [-0.39, 0.29) is 23.6 Å². The highest BCUT2D eigenvalue weighted by Crippen LogP contribution is 2.31. The van der Waals surface area contributed by atoms with Crippen molar-refractivity contribution in [2.24, 2.45) is 14.1 Å². The smallest absolute Gasteiger partial charge is 0.332 e. The van der Waals surface area contributed by atoms with Gasteiger partial charge in [0.25, 0.3) is 5.56 Å². The van der Waals surface area contributed by atoms with Crippen molar-refractivity contribution < 1.29 is 9.21 Å². The van der Waals surface area contributed by atoms with Crippen LogP contribution in [-0.4, -0.2) is 29.6 Å². The van der Waals surface area contributed by atoms with E-state index in [2.05, 4.69) is 15.3 Å². The lowest BCUT2D eigenvalue weighted by atomic mass is 10.0. The number of aromatic nitrogens is 5. The average molecular weight is 480 g/mol. The largest absolute Gasteiger partial charge is 0.436 e. The molecule has 10 heteroatoms. The van der Waals surface area contributed by atoms with Gasteiger partial charge < -0.3 is 14.3 Å². The number of nitrogens with zero attached hydrogens (tertiary/aromatic N) is 5. The summed E-state index contributed by atoms with van der Waals surface area (Å²) in [6.45, 7) is -0.151. The van der Waals surface area contributed by atoms with E-state index >= 15 is 0 Å². The third-order valence-corrected chi connectivity index (χ3v) is 6.22. The Morgan fingerprint density at radius 2 is 1.81 bits per heavy atom. The van der Waals surface area contributed by atoms with Gasteiger partial charge in [0, 0.05) is 25.3 Å². The number of nitrogens with one attached hydrogen (secondary N) is 1. The summed E-state index contributed by atoms with van der Waals surface area (Å²) in [4.78, 5) is 46.3. The van der Waals surface area contributed by atoms with Gasteiger partial charge in [0.05, 0.1) is 6.33 Å². The summed E-state index contributed by atoms with van der Waals surface area (Å²) < 4.78 is 9.70. The van der Waals surface area contributed by atoms with Crippen molar-refractivity contribution in [3.63, 3.8) is 0 Å². The van der Waals surface area contributed by atoms with Gasteiger partial charge in [0.15, 0.2) is 16.7 Å². The number of fused-ring (bicyclic) bond motifs is 3. The maximum atomic E-state index is 12.8. The Labute approximate surface area is 203 Å². The van der Waals surface area contributed by atoms with Crippen LogP contribution in [0.2, 0.25) is 0 Å². The lowest BCUT2D eigenvalue weighted by molar-refractivity contribution is -0.116. The first kappa shape index (κ1) is 21.5. The van der Waals surface area contributed by atoms with Crippen molar-refractivity contribution in [2.45, 2.75) is 6.54 Å². The molecule has 0 spiro atoms. The van der Waals surface area contributed by atoms with Gasteiger partial charge in [0.2, 0.25) is 11.8 Å². The monoisotopic (exact) mass is 480 g/mol. The summed E-state index contributed by atoms with van der Waals surface area (Å²) >= 11 is 0. The maximum absolute atomic E-state index is 12.8. The molecule has 36 heavy (non-hydrogen) atoms. The highest BCUT2D eigenvalue weighted by molar-refractivity contribution is 5.97. The summed E-state index contributed by atoms with van der Waals surface area (Å²) in [6, 6.07) is 19.2. The fraction of sp³-hybridized carbons (Fsp3) is 0.115. The molecule has 0 radical (unpaired) electrons. The molecule has 1 amide bonds. The molecule has 3 heterocycles. The predicted octanol–water partition coefficient (Wildman–Crippen LogP) is 3.03. The quantitative estimate of drug-likeness (QED) is 0.415. The molecule has 0 saturated heterocycles. The first-order valence-electron chi connectivity index (χ1n) is 11.2.